The van der Waals surface area contributed by atoms with Crippen LogP contribution in [0.4, 0.5) is 13.2 Å². The molecule has 0 saturated heterocycles. The summed E-state index contributed by atoms with van der Waals surface area (Å²) in [4.78, 5) is 0. The Morgan fingerprint density at radius 1 is 0.900 bits per heavy atom. The SMILES string of the molecule is FC(F)(F)c1cc(-c2c(Cl)cc(Cl)cc2Cl)ccc1I. The van der Waals surface area contributed by atoms with Crippen molar-refractivity contribution in [1.29, 1.82) is 0 Å². The van der Waals surface area contributed by atoms with E-state index in [1.54, 1.807) is 22.6 Å². The average Bonchev–Trinajstić information content (AvgIpc) is 2.28. The van der Waals surface area contributed by atoms with E-state index in [0.29, 0.717) is 16.1 Å². The summed E-state index contributed by atoms with van der Waals surface area (Å²) in [5, 5.41) is 0.735. The smallest absolute Gasteiger partial charge is 0.166 e. The Morgan fingerprint density at radius 3 is 1.95 bits per heavy atom. The summed E-state index contributed by atoms with van der Waals surface area (Å²) < 4.78 is 38.9. The van der Waals surface area contributed by atoms with Crippen LogP contribution >= 0.6 is 57.4 Å². The third-order valence-corrected chi connectivity index (χ3v) is 4.32. The van der Waals surface area contributed by atoms with Crippen molar-refractivity contribution < 1.29 is 13.2 Å². The van der Waals surface area contributed by atoms with E-state index in [-0.39, 0.29) is 13.6 Å². The number of alkyl halides is 3. The molecule has 0 nitrogen and oxygen atoms in total. The van der Waals surface area contributed by atoms with Crippen LogP contribution in [-0.2, 0) is 6.18 Å². The molecule has 0 N–H and O–H groups in total. The number of rotatable bonds is 1. The molecule has 2 aromatic rings. The lowest BCUT2D eigenvalue weighted by atomic mass is 10.0. The average molecular weight is 451 g/mol. The minimum absolute atomic E-state index is 0.111. The van der Waals surface area contributed by atoms with Crippen LogP contribution in [0.15, 0.2) is 30.3 Å². The Morgan fingerprint density at radius 2 is 1.45 bits per heavy atom. The summed E-state index contributed by atoms with van der Waals surface area (Å²) in [6.07, 6.45) is -4.43. The van der Waals surface area contributed by atoms with Gasteiger partial charge in [-0.25, -0.2) is 0 Å². The molecule has 2 aromatic carbocycles. The molecule has 0 spiro atoms. The van der Waals surface area contributed by atoms with Gasteiger partial charge in [0.25, 0.3) is 0 Å². The molecule has 0 aliphatic rings. The molecule has 0 unspecified atom stereocenters. The molecule has 20 heavy (non-hydrogen) atoms. The zero-order chi connectivity index (χ0) is 15.1. The molecule has 0 atom stereocenters. The van der Waals surface area contributed by atoms with Crippen LogP contribution in [0.5, 0.6) is 0 Å². The van der Waals surface area contributed by atoms with E-state index in [9.17, 15) is 13.2 Å². The molecule has 0 amide bonds. The third kappa shape index (κ3) is 3.35. The van der Waals surface area contributed by atoms with E-state index in [1.165, 1.54) is 24.3 Å². The molecule has 0 aliphatic carbocycles. The number of hydrogen-bond acceptors (Lipinski definition) is 0. The Hall–Kier alpha value is -0.170. The van der Waals surface area contributed by atoms with Gasteiger partial charge in [-0.2, -0.15) is 13.2 Å². The molecule has 0 radical (unpaired) electrons. The maximum absolute atomic E-state index is 12.9. The van der Waals surface area contributed by atoms with Crippen molar-refractivity contribution in [2.75, 3.05) is 0 Å². The molecule has 0 fully saturated rings. The van der Waals surface area contributed by atoms with Gasteiger partial charge in [0.05, 0.1) is 15.6 Å². The van der Waals surface area contributed by atoms with Crippen LogP contribution in [0.3, 0.4) is 0 Å². The van der Waals surface area contributed by atoms with E-state index in [2.05, 4.69) is 0 Å². The lowest BCUT2D eigenvalue weighted by molar-refractivity contribution is -0.138. The minimum atomic E-state index is -4.43. The summed E-state index contributed by atoms with van der Waals surface area (Å²) in [6, 6.07) is 6.83. The summed E-state index contributed by atoms with van der Waals surface area (Å²) in [5.41, 5.74) is -0.0956. The van der Waals surface area contributed by atoms with Crippen LogP contribution in [0, 0.1) is 3.57 Å². The van der Waals surface area contributed by atoms with Crippen molar-refractivity contribution >= 4 is 57.4 Å². The Balaban J connectivity index is 2.66. The van der Waals surface area contributed by atoms with E-state index in [4.69, 9.17) is 34.8 Å². The predicted molar refractivity (Wildman–Crippen MR) is 84.6 cm³/mol. The maximum Gasteiger partial charge on any atom is 0.417 e. The molecule has 0 aliphatic heterocycles. The molecule has 0 heterocycles. The van der Waals surface area contributed by atoms with Crippen LogP contribution in [-0.4, -0.2) is 0 Å². The second kappa shape index (κ2) is 5.91. The molecule has 0 bridgehead atoms. The highest BCUT2D eigenvalue weighted by atomic mass is 127. The Kier molecular flexibility index (Phi) is 4.79. The highest BCUT2D eigenvalue weighted by Gasteiger charge is 2.33. The fourth-order valence-corrected chi connectivity index (χ4v) is 3.39. The number of halogens is 7. The largest absolute Gasteiger partial charge is 0.417 e. The first-order valence-corrected chi connectivity index (χ1v) is 7.43. The molecule has 2 rings (SSSR count). The lowest BCUT2D eigenvalue weighted by Gasteiger charge is -2.13. The quantitative estimate of drug-likeness (QED) is 0.412. The summed E-state index contributed by atoms with van der Waals surface area (Å²) in [6.45, 7) is 0. The lowest BCUT2D eigenvalue weighted by Crippen LogP contribution is -2.07. The van der Waals surface area contributed by atoms with Crippen molar-refractivity contribution in [3.63, 3.8) is 0 Å². The first kappa shape index (κ1) is 16.2. The summed E-state index contributed by atoms with van der Waals surface area (Å²) in [7, 11) is 0. The van der Waals surface area contributed by atoms with Crippen molar-refractivity contribution in [1.82, 2.24) is 0 Å². The standard InChI is InChI=1S/C13H5Cl3F3I/c14-7-4-9(15)12(10(16)5-7)6-1-2-11(20)8(3-6)13(17,18)19/h1-5H. The summed E-state index contributed by atoms with van der Waals surface area (Å²) in [5.74, 6) is 0. The molecule has 106 valence electrons. The van der Waals surface area contributed by atoms with Crippen molar-refractivity contribution in [2.24, 2.45) is 0 Å². The topological polar surface area (TPSA) is 0 Å². The first-order valence-electron chi connectivity index (χ1n) is 5.22. The fourth-order valence-electron chi connectivity index (χ4n) is 1.72. The molecule has 7 heteroatoms. The van der Waals surface area contributed by atoms with Gasteiger partial charge in [0.1, 0.15) is 0 Å². The zero-order valence-electron chi connectivity index (χ0n) is 9.53. The number of hydrogen-bond donors (Lipinski definition) is 0. The van der Waals surface area contributed by atoms with Gasteiger partial charge in [-0.1, -0.05) is 40.9 Å². The molecular formula is C13H5Cl3F3I. The predicted octanol–water partition coefficient (Wildman–Crippen LogP) is 6.94. The highest BCUT2D eigenvalue weighted by Crippen LogP contribution is 2.40. The van der Waals surface area contributed by atoms with Crippen LogP contribution in [0.1, 0.15) is 5.56 Å². The van der Waals surface area contributed by atoms with Gasteiger partial charge >= 0.3 is 6.18 Å². The normalized spacial score (nSPS) is 11.8. The highest BCUT2D eigenvalue weighted by molar-refractivity contribution is 14.1. The van der Waals surface area contributed by atoms with Gasteiger partial charge in [-0.3, -0.25) is 0 Å². The second-order valence-electron chi connectivity index (χ2n) is 3.94. The maximum atomic E-state index is 12.9. The molecule has 0 saturated carbocycles. The van der Waals surface area contributed by atoms with E-state index in [1.807, 2.05) is 0 Å². The van der Waals surface area contributed by atoms with Gasteiger partial charge in [0.2, 0.25) is 0 Å². The summed E-state index contributed by atoms with van der Waals surface area (Å²) >= 11 is 19.5. The first-order chi connectivity index (χ1) is 9.20. The van der Waals surface area contributed by atoms with Crippen LogP contribution in [0.2, 0.25) is 15.1 Å². The van der Waals surface area contributed by atoms with E-state index >= 15 is 0 Å². The molecule has 0 aromatic heterocycles. The molecular weight excluding hydrogens is 446 g/mol. The Labute approximate surface area is 142 Å². The van der Waals surface area contributed by atoms with Gasteiger partial charge in [-0.05, 0) is 52.4 Å². The second-order valence-corrected chi connectivity index (χ2v) is 6.35. The van der Waals surface area contributed by atoms with Gasteiger partial charge in [0.15, 0.2) is 0 Å². The van der Waals surface area contributed by atoms with E-state index < -0.39 is 11.7 Å². The fraction of sp³-hybridized carbons (Fsp3) is 0.0769. The van der Waals surface area contributed by atoms with Crippen molar-refractivity contribution in [3.8, 4) is 11.1 Å². The van der Waals surface area contributed by atoms with Crippen LogP contribution in [0.25, 0.3) is 11.1 Å². The third-order valence-electron chi connectivity index (χ3n) is 2.57. The van der Waals surface area contributed by atoms with Crippen molar-refractivity contribution in [2.45, 2.75) is 6.18 Å². The van der Waals surface area contributed by atoms with Gasteiger partial charge in [-0.15, -0.1) is 0 Å². The monoisotopic (exact) mass is 450 g/mol. The Bertz CT molecular complexity index is 645. The van der Waals surface area contributed by atoms with Crippen molar-refractivity contribution in [3.05, 3.63) is 54.5 Å². The van der Waals surface area contributed by atoms with Gasteiger partial charge in [0, 0.05) is 14.2 Å². The zero-order valence-corrected chi connectivity index (χ0v) is 14.0. The van der Waals surface area contributed by atoms with Crippen LogP contribution < -0.4 is 0 Å². The van der Waals surface area contributed by atoms with E-state index in [0.717, 1.165) is 6.07 Å². The minimum Gasteiger partial charge on any atom is -0.166 e. The number of benzene rings is 2. The van der Waals surface area contributed by atoms with Gasteiger partial charge < -0.3 is 0 Å².